The van der Waals surface area contributed by atoms with Crippen molar-refractivity contribution in [2.75, 3.05) is 25.1 Å². The number of alkyl halides is 2. The SMILES string of the molecule is COc1ccccc1-c1nnc(N2CCC(F)(F)CC2)n1C. The van der Waals surface area contributed by atoms with Crippen molar-refractivity contribution in [3.8, 4) is 17.1 Å². The van der Waals surface area contributed by atoms with Crippen molar-refractivity contribution in [2.45, 2.75) is 18.8 Å². The van der Waals surface area contributed by atoms with Crippen LogP contribution in [0, 0.1) is 0 Å². The predicted octanol–water partition coefficient (Wildman–Crippen LogP) is 2.73. The van der Waals surface area contributed by atoms with Crippen molar-refractivity contribution >= 4 is 5.95 Å². The molecule has 118 valence electrons. The Morgan fingerprint density at radius 1 is 1.14 bits per heavy atom. The Morgan fingerprint density at radius 2 is 1.82 bits per heavy atom. The topological polar surface area (TPSA) is 43.2 Å². The highest BCUT2D eigenvalue weighted by atomic mass is 19.3. The van der Waals surface area contributed by atoms with E-state index in [1.54, 1.807) is 7.11 Å². The molecular weight excluding hydrogens is 290 g/mol. The number of ether oxygens (including phenoxy) is 1. The van der Waals surface area contributed by atoms with Gasteiger partial charge >= 0.3 is 0 Å². The fraction of sp³-hybridized carbons (Fsp3) is 0.467. The first-order chi connectivity index (χ1) is 10.5. The van der Waals surface area contributed by atoms with E-state index in [9.17, 15) is 8.78 Å². The highest BCUT2D eigenvalue weighted by Gasteiger charge is 2.35. The van der Waals surface area contributed by atoms with E-state index in [0.717, 1.165) is 5.56 Å². The van der Waals surface area contributed by atoms with Gasteiger partial charge < -0.3 is 9.64 Å². The van der Waals surface area contributed by atoms with E-state index < -0.39 is 5.92 Å². The van der Waals surface area contributed by atoms with Crippen molar-refractivity contribution in [3.63, 3.8) is 0 Å². The van der Waals surface area contributed by atoms with Crippen LogP contribution in [0.25, 0.3) is 11.4 Å². The highest BCUT2D eigenvalue weighted by Crippen LogP contribution is 2.32. The molecule has 5 nitrogen and oxygen atoms in total. The number of rotatable bonds is 3. The molecule has 0 amide bonds. The second-order valence-electron chi connectivity index (χ2n) is 5.43. The zero-order valence-corrected chi connectivity index (χ0v) is 12.6. The Balaban J connectivity index is 1.90. The van der Waals surface area contributed by atoms with E-state index in [4.69, 9.17) is 4.74 Å². The predicted molar refractivity (Wildman–Crippen MR) is 79.4 cm³/mol. The quantitative estimate of drug-likeness (QED) is 0.874. The molecule has 0 N–H and O–H groups in total. The minimum Gasteiger partial charge on any atom is -0.496 e. The lowest BCUT2D eigenvalue weighted by molar-refractivity contribution is -0.0223. The van der Waals surface area contributed by atoms with Gasteiger partial charge in [-0.3, -0.25) is 4.57 Å². The molecule has 0 aliphatic carbocycles. The zero-order valence-electron chi connectivity index (χ0n) is 12.6. The van der Waals surface area contributed by atoms with Crippen LogP contribution in [0.1, 0.15) is 12.8 Å². The lowest BCUT2D eigenvalue weighted by Gasteiger charge is -2.32. The molecule has 7 heteroatoms. The zero-order chi connectivity index (χ0) is 15.7. The Morgan fingerprint density at radius 3 is 2.50 bits per heavy atom. The van der Waals surface area contributed by atoms with E-state index in [-0.39, 0.29) is 25.9 Å². The maximum Gasteiger partial charge on any atom is 0.251 e. The van der Waals surface area contributed by atoms with E-state index in [0.29, 0.717) is 17.5 Å². The van der Waals surface area contributed by atoms with Gasteiger partial charge in [-0.1, -0.05) is 12.1 Å². The number of hydrogen-bond donors (Lipinski definition) is 0. The lowest BCUT2D eigenvalue weighted by atomic mass is 10.1. The van der Waals surface area contributed by atoms with E-state index in [1.807, 2.05) is 40.8 Å². The fourth-order valence-corrected chi connectivity index (χ4v) is 2.69. The molecule has 0 atom stereocenters. The summed E-state index contributed by atoms with van der Waals surface area (Å²) in [7, 11) is 3.44. The molecule has 1 aromatic heterocycles. The van der Waals surface area contributed by atoms with Crippen molar-refractivity contribution in [2.24, 2.45) is 7.05 Å². The molecule has 2 aromatic rings. The van der Waals surface area contributed by atoms with Crippen molar-refractivity contribution in [1.29, 1.82) is 0 Å². The second kappa shape index (κ2) is 5.55. The molecule has 0 spiro atoms. The average Bonchev–Trinajstić information content (AvgIpc) is 2.89. The maximum absolute atomic E-state index is 13.3. The first-order valence-electron chi connectivity index (χ1n) is 7.17. The molecule has 22 heavy (non-hydrogen) atoms. The van der Waals surface area contributed by atoms with Crippen LogP contribution in [0.4, 0.5) is 14.7 Å². The van der Waals surface area contributed by atoms with Crippen molar-refractivity contribution in [3.05, 3.63) is 24.3 Å². The van der Waals surface area contributed by atoms with Gasteiger partial charge in [-0.05, 0) is 12.1 Å². The summed E-state index contributed by atoms with van der Waals surface area (Å²) in [6.45, 7) is 0.565. The van der Waals surface area contributed by atoms with E-state index >= 15 is 0 Å². The molecule has 1 aromatic carbocycles. The summed E-state index contributed by atoms with van der Waals surface area (Å²) in [6, 6.07) is 7.53. The van der Waals surface area contributed by atoms with Crippen LogP contribution < -0.4 is 9.64 Å². The Hall–Kier alpha value is -2.18. The standard InChI is InChI=1S/C15H18F2N4O/c1-20-13(11-5-3-4-6-12(11)22-2)18-19-14(20)21-9-7-15(16,17)8-10-21/h3-6H,7-10H2,1-2H3. The summed E-state index contributed by atoms with van der Waals surface area (Å²) in [5, 5.41) is 8.39. The van der Waals surface area contributed by atoms with E-state index in [1.165, 1.54) is 0 Å². The molecule has 0 saturated carbocycles. The minimum absolute atomic E-state index is 0.149. The normalized spacial score (nSPS) is 17.5. The van der Waals surface area contributed by atoms with Crippen LogP contribution in [0.15, 0.2) is 24.3 Å². The molecule has 1 aliphatic heterocycles. The molecular formula is C15H18F2N4O. The number of hydrogen-bond acceptors (Lipinski definition) is 4. The van der Waals surface area contributed by atoms with E-state index in [2.05, 4.69) is 10.2 Å². The fourth-order valence-electron chi connectivity index (χ4n) is 2.69. The van der Waals surface area contributed by atoms with Crippen molar-refractivity contribution < 1.29 is 13.5 Å². The second-order valence-corrected chi connectivity index (χ2v) is 5.43. The third-order valence-corrected chi connectivity index (χ3v) is 3.98. The molecule has 1 fully saturated rings. The Bertz CT molecular complexity index is 661. The number of anilines is 1. The van der Waals surface area contributed by atoms with Gasteiger partial charge in [-0.15, -0.1) is 10.2 Å². The number of benzene rings is 1. The summed E-state index contributed by atoms with van der Waals surface area (Å²) in [5.74, 6) is -0.600. The number of piperidine rings is 1. The average molecular weight is 308 g/mol. The molecule has 1 saturated heterocycles. The number of methoxy groups -OCH3 is 1. The van der Waals surface area contributed by atoms with Crippen LogP contribution in [0.2, 0.25) is 0 Å². The Labute approximate surface area is 127 Å². The van der Waals surface area contributed by atoms with Crippen LogP contribution in [0.3, 0.4) is 0 Å². The highest BCUT2D eigenvalue weighted by molar-refractivity contribution is 5.65. The molecule has 0 radical (unpaired) electrons. The van der Waals surface area contributed by atoms with Gasteiger partial charge in [0.1, 0.15) is 5.75 Å². The lowest BCUT2D eigenvalue weighted by Crippen LogP contribution is -2.40. The number of halogens is 2. The van der Waals surface area contributed by atoms with Gasteiger partial charge in [0.15, 0.2) is 5.82 Å². The van der Waals surface area contributed by atoms with Gasteiger partial charge in [-0.2, -0.15) is 0 Å². The van der Waals surface area contributed by atoms with Crippen LogP contribution >= 0.6 is 0 Å². The molecule has 0 bridgehead atoms. The molecule has 2 heterocycles. The van der Waals surface area contributed by atoms with Gasteiger partial charge in [-0.25, -0.2) is 8.78 Å². The number of nitrogens with zero attached hydrogens (tertiary/aromatic N) is 4. The summed E-state index contributed by atoms with van der Waals surface area (Å²) >= 11 is 0. The molecule has 1 aliphatic rings. The largest absolute Gasteiger partial charge is 0.496 e. The summed E-state index contributed by atoms with van der Waals surface area (Å²) in [6.07, 6.45) is -0.298. The first kappa shape index (κ1) is 14.7. The maximum atomic E-state index is 13.3. The van der Waals surface area contributed by atoms with Gasteiger partial charge in [0.05, 0.1) is 12.7 Å². The Kier molecular flexibility index (Phi) is 3.72. The third-order valence-electron chi connectivity index (χ3n) is 3.98. The monoisotopic (exact) mass is 308 g/mol. The van der Waals surface area contributed by atoms with Gasteiger partial charge in [0.25, 0.3) is 5.92 Å². The number of para-hydroxylation sites is 1. The smallest absolute Gasteiger partial charge is 0.251 e. The molecule has 3 rings (SSSR count). The van der Waals surface area contributed by atoms with Gasteiger partial charge in [0, 0.05) is 33.0 Å². The minimum atomic E-state index is -2.57. The first-order valence-corrected chi connectivity index (χ1v) is 7.17. The summed E-state index contributed by atoms with van der Waals surface area (Å²) in [5.41, 5.74) is 0.827. The summed E-state index contributed by atoms with van der Waals surface area (Å²) < 4.78 is 33.7. The third kappa shape index (κ3) is 2.63. The summed E-state index contributed by atoms with van der Waals surface area (Å²) in [4.78, 5) is 1.85. The van der Waals surface area contributed by atoms with Crippen LogP contribution in [-0.4, -0.2) is 40.9 Å². The van der Waals surface area contributed by atoms with Crippen molar-refractivity contribution in [1.82, 2.24) is 14.8 Å². The number of aromatic nitrogens is 3. The molecule has 0 unspecified atom stereocenters. The van der Waals surface area contributed by atoms with Gasteiger partial charge in [0.2, 0.25) is 5.95 Å². The van der Waals surface area contributed by atoms with Crippen LogP contribution in [-0.2, 0) is 7.05 Å². The van der Waals surface area contributed by atoms with Crippen LogP contribution in [0.5, 0.6) is 5.75 Å².